The number of benzene rings is 1. The number of carbonyl (C=O) groups is 3. The molecule has 4 bridgehead atoms. The molecule has 0 unspecified atom stereocenters. The molecule has 5 rings (SSSR count). The minimum atomic E-state index is -0.722. The van der Waals surface area contributed by atoms with Crippen molar-refractivity contribution in [2.45, 2.75) is 44.1 Å². The Balaban J connectivity index is 1.29. The van der Waals surface area contributed by atoms with Gasteiger partial charge in [0.2, 0.25) is 0 Å². The van der Waals surface area contributed by atoms with Crippen molar-refractivity contribution in [3.05, 3.63) is 22.2 Å². The molecule has 0 heterocycles. The van der Waals surface area contributed by atoms with Crippen LogP contribution in [-0.2, 0) is 9.53 Å². The summed E-state index contributed by atoms with van der Waals surface area (Å²) in [6.45, 7) is -0.562. The molecule has 4 fully saturated rings. The van der Waals surface area contributed by atoms with E-state index in [9.17, 15) is 14.4 Å². The largest absolute Gasteiger partial charge is 0.495 e. The number of nitrogens with one attached hydrogen (secondary N) is 2. The van der Waals surface area contributed by atoms with Crippen LogP contribution in [0.15, 0.2) is 16.6 Å². The summed E-state index contributed by atoms with van der Waals surface area (Å²) < 4.78 is 16.0. The maximum atomic E-state index is 12.4. The topological polar surface area (TPSA) is 103 Å². The van der Waals surface area contributed by atoms with Gasteiger partial charge in [0.1, 0.15) is 16.0 Å². The van der Waals surface area contributed by atoms with Gasteiger partial charge in [-0.2, -0.15) is 0 Å². The van der Waals surface area contributed by atoms with E-state index in [0.717, 1.165) is 19.3 Å². The summed E-state index contributed by atoms with van der Waals surface area (Å²) in [6, 6.07) is 2.44. The highest BCUT2D eigenvalue weighted by atomic mass is 79.9. The predicted octanol–water partition coefficient (Wildman–Crippen LogP) is 3.42. The van der Waals surface area contributed by atoms with Crippen LogP contribution in [0.1, 0.15) is 48.9 Å². The molecule has 31 heavy (non-hydrogen) atoms. The molecule has 0 saturated heterocycles. The zero-order valence-electron chi connectivity index (χ0n) is 17.7. The van der Waals surface area contributed by atoms with Gasteiger partial charge in [-0.15, -0.1) is 0 Å². The maximum absolute atomic E-state index is 12.4. The van der Waals surface area contributed by atoms with Crippen LogP contribution in [-0.4, -0.2) is 44.3 Å². The zero-order valence-corrected chi connectivity index (χ0v) is 19.2. The standard InChI is InChI=1S/C22H27BrN2O6/c1-29-16-6-15(7-17(30-2)19(16)23)20(27)31-11-18(26)24-21(28)25-22-8-12-3-13(9-22)5-14(4-12)10-22/h6-7,12-14H,3-5,8-11H2,1-2H3,(H2,24,25,26,28). The van der Waals surface area contributed by atoms with Crippen LogP contribution >= 0.6 is 15.9 Å². The van der Waals surface area contributed by atoms with Crippen LogP contribution in [0.2, 0.25) is 0 Å². The molecular formula is C22H27BrN2O6. The van der Waals surface area contributed by atoms with E-state index in [1.54, 1.807) is 0 Å². The number of imide groups is 1. The smallest absolute Gasteiger partial charge is 0.338 e. The number of urea groups is 1. The third kappa shape index (κ3) is 4.66. The highest BCUT2D eigenvalue weighted by Crippen LogP contribution is 2.55. The predicted molar refractivity (Wildman–Crippen MR) is 115 cm³/mol. The molecular weight excluding hydrogens is 468 g/mol. The third-order valence-electron chi connectivity index (χ3n) is 6.69. The molecule has 1 aromatic rings. The lowest BCUT2D eigenvalue weighted by Crippen LogP contribution is -2.62. The number of esters is 1. The average molecular weight is 495 g/mol. The van der Waals surface area contributed by atoms with Crippen molar-refractivity contribution in [1.82, 2.24) is 10.6 Å². The van der Waals surface area contributed by atoms with Gasteiger partial charge < -0.3 is 19.5 Å². The molecule has 1 aromatic carbocycles. The Morgan fingerprint density at radius 1 is 1.00 bits per heavy atom. The average Bonchev–Trinajstić information content (AvgIpc) is 2.70. The molecule has 4 saturated carbocycles. The summed E-state index contributed by atoms with van der Waals surface area (Å²) in [4.78, 5) is 37.0. The van der Waals surface area contributed by atoms with E-state index in [2.05, 4.69) is 26.6 Å². The Labute approximate surface area is 189 Å². The SMILES string of the molecule is COc1cc(C(=O)OCC(=O)NC(=O)NC23CC4CC(CC(C4)C2)C3)cc(OC)c1Br. The first-order valence-corrected chi connectivity index (χ1v) is 11.3. The molecule has 0 atom stereocenters. The number of halogens is 1. The van der Waals surface area contributed by atoms with Crippen LogP contribution in [0, 0.1) is 17.8 Å². The van der Waals surface area contributed by atoms with Crippen molar-refractivity contribution < 1.29 is 28.6 Å². The highest BCUT2D eigenvalue weighted by molar-refractivity contribution is 9.10. The van der Waals surface area contributed by atoms with Crippen molar-refractivity contribution >= 4 is 33.8 Å². The number of amides is 3. The number of carbonyl (C=O) groups excluding carboxylic acids is 3. The Kier molecular flexibility index (Phi) is 6.14. The number of ether oxygens (including phenoxy) is 3. The minimum absolute atomic E-state index is 0.169. The van der Waals surface area contributed by atoms with Crippen molar-refractivity contribution in [2.75, 3.05) is 20.8 Å². The van der Waals surface area contributed by atoms with Gasteiger partial charge in [0.15, 0.2) is 6.61 Å². The maximum Gasteiger partial charge on any atom is 0.338 e. The molecule has 4 aliphatic rings. The molecule has 9 heteroatoms. The van der Waals surface area contributed by atoms with Gasteiger partial charge in [0.25, 0.3) is 5.91 Å². The summed E-state index contributed by atoms with van der Waals surface area (Å²) in [5, 5.41) is 5.35. The fourth-order valence-electron chi connectivity index (χ4n) is 5.90. The van der Waals surface area contributed by atoms with Gasteiger partial charge >= 0.3 is 12.0 Å². The molecule has 4 aliphatic carbocycles. The number of hydrogen-bond acceptors (Lipinski definition) is 6. The van der Waals surface area contributed by atoms with Gasteiger partial charge in [-0.05, 0) is 84.3 Å². The van der Waals surface area contributed by atoms with Gasteiger partial charge in [-0.25, -0.2) is 9.59 Å². The molecule has 0 spiro atoms. The van der Waals surface area contributed by atoms with E-state index in [4.69, 9.17) is 14.2 Å². The van der Waals surface area contributed by atoms with Gasteiger partial charge in [-0.1, -0.05) is 0 Å². The van der Waals surface area contributed by atoms with Crippen molar-refractivity contribution in [2.24, 2.45) is 17.8 Å². The molecule has 8 nitrogen and oxygen atoms in total. The summed E-state index contributed by atoms with van der Waals surface area (Å²) in [7, 11) is 2.93. The van der Waals surface area contributed by atoms with E-state index >= 15 is 0 Å². The Morgan fingerprint density at radius 3 is 2.00 bits per heavy atom. The van der Waals surface area contributed by atoms with Crippen molar-refractivity contribution in [3.63, 3.8) is 0 Å². The van der Waals surface area contributed by atoms with E-state index in [0.29, 0.717) is 33.7 Å². The van der Waals surface area contributed by atoms with Crippen LogP contribution in [0.4, 0.5) is 4.79 Å². The van der Waals surface area contributed by atoms with Crippen molar-refractivity contribution in [1.29, 1.82) is 0 Å². The summed E-state index contributed by atoms with van der Waals surface area (Å²) in [5.41, 5.74) is -0.0249. The van der Waals surface area contributed by atoms with E-state index < -0.39 is 24.5 Å². The first kappa shape index (κ1) is 21.9. The number of methoxy groups -OCH3 is 2. The first-order valence-electron chi connectivity index (χ1n) is 10.5. The van der Waals surface area contributed by atoms with Crippen LogP contribution in [0.3, 0.4) is 0 Å². The van der Waals surface area contributed by atoms with Crippen LogP contribution < -0.4 is 20.1 Å². The number of hydrogen-bond donors (Lipinski definition) is 2. The highest BCUT2D eigenvalue weighted by Gasteiger charge is 2.51. The fraction of sp³-hybridized carbons (Fsp3) is 0.591. The second kappa shape index (κ2) is 8.68. The quantitative estimate of drug-likeness (QED) is 0.587. The Hall–Kier alpha value is -2.29. The molecule has 0 aliphatic heterocycles. The monoisotopic (exact) mass is 494 g/mol. The Morgan fingerprint density at radius 2 is 1.52 bits per heavy atom. The Bertz CT molecular complexity index is 842. The lowest BCUT2D eigenvalue weighted by molar-refractivity contribution is -0.123. The second-order valence-corrected chi connectivity index (χ2v) is 9.76. The van der Waals surface area contributed by atoms with Crippen molar-refractivity contribution in [3.8, 4) is 11.5 Å². The summed E-state index contributed by atoms with van der Waals surface area (Å²) >= 11 is 3.33. The molecule has 2 N–H and O–H groups in total. The van der Waals surface area contributed by atoms with E-state index in [1.807, 2.05) is 0 Å². The minimum Gasteiger partial charge on any atom is -0.495 e. The molecule has 0 radical (unpaired) electrons. The summed E-state index contributed by atoms with van der Waals surface area (Å²) in [5.74, 6) is 1.44. The first-order chi connectivity index (χ1) is 14.8. The normalized spacial score (nSPS) is 28.0. The zero-order chi connectivity index (χ0) is 22.2. The lowest BCUT2D eigenvalue weighted by atomic mass is 9.53. The number of rotatable bonds is 6. The molecule has 168 valence electrons. The van der Waals surface area contributed by atoms with Crippen LogP contribution in [0.25, 0.3) is 0 Å². The second-order valence-electron chi connectivity index (χ2n) is 8.97. The third-order valence-corrected chi connectivity index (χ3v) is 7.47. The van der Waals surface area contributed by atoms with E-state index in [1.165, 1.54) is 45.6 Å². The molecule has 0 aromatic heterocycles. The lowest BCUT2D eigenvalue weighted by Gasteiger charge is -2.56. The van der Waals surface area contributed by atoms with Gasteiger partial charge in [0, 0.05) is 5.54 Å². The summed E-state index contributed by atoms with van der Waals surface area (Å²) in [6.07, 6.45) is 6.77. The molecule has 3 amide bonds. The fourth-order valence-corrected chi connectivity index (χ4v) is 6.45. The van der Waals surface area contributed by atoms with Gasteiger partial charge in [0.05, 0.1) is 19.8 Å². The van der Waals surface area contributed by atoms with E-state index in [-0.39, 0.29) is 11.1 Å². The van der Waals surface area contributed by atoms with Crippen LogP contribution in [0.5, 0.6) is 11.5 Å². The van der Waals surface area contributed by atoms with Gasteiger partial charge in [-0.3, -0.25) is 10.1 Å².